The highest BCUT2D eigenvalue weighted by Gasteiger charge is 2.23. The monoisotopic (exact) mass is 296 g/mol. The number of nitrogen functional groups attached to an aromatic ring is 1. The van der Waals surface area contributed by atoms with Gasteiger partial charge in [0, 0.05) is 49.8 Å². The van der Waals surface area contributed by atoms with Crippen molar-refractivity contribution in [2.75, 3.05) is 59.1 Å². The van der Waals surface area contributed by atoms with Crippen LogP contribution < -0.4 is 5.73 Å². The number of piperazine rings is 1. The average Bonchev–Trinajstić information content (AvgIpc) is 2.76. The number of hydrogen-bond donors (Lipinski definition) is 1. The summed E-state index contributed by atoms with van der Waals surface area (Å²) in [6.07, 6.45) is 0. The first kappa shape index (κ1) is 15.3. The van der Waals surface area contributed by atoms with Gasteiger partial charge >= 0.3 is 0 Å². The Hall–Kier alpha value is -1.11. The van der Waals surface area contributed by atoms with E-state index >= 15 is 0 Å². The molecule has 0 unspecified atom stereocenters. The van der Waals surface area contributed by atoms with E-state index in [-0.39, 0.29) is 5.91 Å². The van der Waals surface area contributed by atoms with Crippen LogP contribution in [0.15, 0.2) is 6.07 Å². The molecule has 1 aliphatic heterocycles. The lowest BCUT2D eigenvalue weighted by Gasteiger charge is -2.35. The van der Waals surface area contributed by atoms with E-state index in [1.807, 2.05) is 11.8 Å². The Balaban J connectivity index is 1.85. The Morgan fingerprint density at radius 2 is 2.00 bits per heavy atom. The molecule has 2 heterocycles. The fourth-order valence-corrected chi connectivity index (χ4v) is 3.18. The first-order valence-electron chi connectivity index (χ1n) is 6.99. The van der Waals surface area contributed by atoms with E-state index in [4.69, 9.17) is 5.73 Å². The lowest BCUT2D eigenvalue weighted by molar-refractivity contribution is 0.0634. The van der Waals surface area contributed by atoms with Crippen molar-refractivity contribution in [2.24, 2.45) is 0 Å². The normalized spacial score (nSPS) is 16.9. The highest BCUT2D eigenvalue weighted by Crippen LogP contribution is 2.24. The second kappa shape index (κ2) is 6.56. The van der Waals surface area contributed by atoms with Crippen molar-refractivity contribution in [1.29, 1.82) is 0 Å². The Bertz CT molecular complexity index is 444. The molecule has 1 fully saturated rings. The largest absolute Gasteiger partial charge is 0.398 e. The number of anilines is 1. The maximum absolute atomic E-state index is 12.4. The minimum Gasteiger partial charge on any atom is -0.398 e. The summed E-state index contributed by atoms with van der Waals surface area (Å²) in [6.45, 7) is 7.62. The molecule has 6 heteroatoms. The summed E-state index contributed by atoms with van der Waals surface area (Å²) in [7, 11) is 4.17. The molecule has 5 nitrogen and oxygen atoms in total. The van der Waals surface area contributed by atoms with Crippen molar-refractivity contribution in [3.63, 3.8) is 0 Å². The Morgan fingerprint density at radius 1 is 1.35 bits per heavy atom. The van der Waals surface area contributed by atoms with Crippen LogP contribution in [0.1, 0.15) is 14.5 Å². The van der Waals surface area contributed by atoms with Crippen LogP contribution >= 0.6 is 11.3 Å². The van der Waals surface area contributed by atoms with Crippen LogP contribution in [0.5, 0.6) is 0 Å². The molecule has 1 aliphatic rings. The molecule has 0 spiro atoms. The number of nitrogens with zero attached hydrogens (tertiary/aromatic N) is 3. The average molecular weight is 296 g/mol. The molecular formula is C14H24N4OS. The van der Waals surface area contributed by atoms with Crippen molar-refractivity contribution in [3.05, 3.63) is 15.8 Å². The molecule has 0 radical (unpaired) electrons. The van der Waals surface area contributed by atoms with Gasteiger partial charge in [-0.15, -0.1) is 11.3 Å². The van der Waals surface area contributed by atoms with Gasteiger partial charge in [0.15, 0.2) is 0 Å². The lowest BCUT2D eigenvalue weighted by Crippen LogP contribution is -2.49. The van der Waals surface area contributed by atoms with Crippen LogP contribution in [-0.2, 0) is 0 Å². The van der Waals surface area contributed by atoms with Crippen LogP contribution in [0.25, 0.3) is 0 Å². The van der Waals surface area contributed by atoms with Crippen LogP contribution in [0, 0.1) is 6.92 Å². The number of amides is 1. The van der Waals surface area contributed by atoms with E-state index < -0.39 is 0 Å². The van der Waals surface area contributed by atoms with Crippen LogP contribution in [0.2, 0.25) is 0 Å². The van der Waals surface area contributed by atoms with E-state index in [0.717, 1.165) is 54.7 Å². The zero-order valence-corrected chi connectivity index (χ0v) is 13.4. The predicted octanol–water partition coefficient (Wildman–Crippen LogP) is 0.958. The molecule has 0 bridgehead atoms. The van der Waals surface area contributed by atoms with E-state index in [9.17, 15) is 4.79 Å². The third-order valence-electron chi connectivity index (χ3n) is 3.69. The minimum atomic E-state index is 0.127. The topological polar surface area (TPSA) is 52.8 Å². The molecule has 1 aromatic rings. The summed E-state index contributed by atoms with van der Waals surface area (Å²) in [5.74, 6) is 0.127. The van der Waals surface area contributed by atoms with Crippen molar-refractivity contribution < 1.29 is 4.79 Å². The van der Waals surface area contributed by atoms with E-state index in [2.05, 4.69) is 23.9 Å². The summed E-state index contributed by atoms with van der Waals surface area (Å²) < 4.78 is 0. The van der Waals surface area contributed by atoms with Crippen LogP contribution in [0.4, 0.5) is 5.69 Å². The zero-order chi connectivity index (χ0) is 14.7. The highest BCUT2D eigenvalue weighted by molar-refractivity contribution is 7.14. The molecule has 1 amide bonds. The first-order valence-corrected chi connectivity index (χ1v) is 7.81. The summed E-state index contributed by atoms with van der Waals surface area (Å²) in [4.78, 5) is 20.7. The van der Waals surface area contributed by atoms with Gasteiger partial charge in [-0.1, -0.05) is 0 Å². The second-order valence-electron chi connectivity index (χ2n) is 5.56. The molecule has 1 aromatic heterocycles. The van der Waals surface area contributed by atoms with Gasteiger partial charge < -0.3 is 15.5 Å². The first-order chi connectivity index (χ1) is 9.47. The van der Waals surface area contributed by atoms with Gasteiger partial charge in [0.25, 0.3) is 5.91 Å². The molecule has 0 atom stereocenters. The summed E-state index contributed by atoms with van der Waals surface area (Å²) in [6, 6.07) is 1.81. The smallest absolute Gasteiger partial charge is 0.264 e. The molecule has 2 N–H and O–H groups in total. The number of likely N-dealkylation sites (N-methyl/N-ethyl adjacent to an activating group) is 1. The van der Waals surface area contributed by atoms with E-state index in [0.29, 0.717) is 0 Å². The number of carbonyl (C=O) groups is 1. The number of carbonyl (C=O) groups excluding carboxylic acids is 1. The van der Waals surface area contributed by atoms with Crippen molar-refractivity contribution in [2.45, 2.75) is 6.92 Å². The summed E-state index contributed by atoms with van der Waals surface area (Å²) in [5, 5.41) is 0. The summed E-state index contributed by atoms with van der Waals surface area (Å²) >= 11 is 1.49. The third-order valence-corrected chi connectivity index (χ3v) is 4.74. The third kappa shape index (κ3) is 3.71. The number of hydrogen-bond acceptors (Lipinski definition) is 5. The maximum Gasteiger partial charge on any atom is 0.264 e. The van der Waals surface area contributed by atoms with Crippen molar-refractivity contribution >= 4 is 22.9 Å². The number of rotatable bonds is 4. The summed E-state index contributed by atoms with van der Waals surface area (Å²) in [5.41, 5.74) is 6.55. The van der Waals surface area contributed by atoms with Gasteiger partial charge in [-0.3, -0.25) is 9.69 Å². The fourth-order valence-electron chi connectivity index (χ4n) is 2.27. The van der Waals surface area contributed by atoms with Gasteiger partial charge in [0.1, 0.15) is 0 Å². The molecule has 0 aromatic carbocycles. The number of aryl methyl sites for hydroxylation is 1. The zero-order valence-electron chi connectivity index (χ0n) is 12.6. The lowest BCUT2D eigenvalue weighted by atomic mass is 10.2. The molecule has 0 saturated carbocycles. The number of thiophene rings is 1. The van der Waals surface area contributed by atoms with Gasteiger partial charge in [0.05, 0.1) is 4.88 Å². The Labute approximate surface area is 124 Å². The van der Waals surface area contributed by atoms with Gasteiger partial charge in [-0.2, -0.15) is 0 Å². The van der Waals surface area contributed by atoms with Crippen LogP contribution in [-0.4, -0.2) is 74.0 Å². The second-order valence-corrected chi connectivity index (χ2v) is 6.82. The fraction of sp³-hybridized carbons (Fsp3) is 0.643. The van der Waals surface area contributed by atoms with Crippen LogP contribution in [0.3, 0.4) is 0 Å². The predicted molar refractivity (Wildman–Crippen MR) is 84.4 cm³/mol. The molecule has 112 valence electrons. The molecule has 20 heavy (non-hydrogen) atoms. The van der Waals surface area contributed by atoms with E-state index in [1.54, 1.807) is 6.07 Å². The quantitative estimate of drug-likeness (QED) is 0.899. The Kier molecular flexibility index (Phi) is 5.01. The van der Waals surface area contributed by atoms with E-state index in [1.165, 1.54) is 11.3 Å². The van der Waals surface area contributed by atoms with Gasteiger partial charge in [-0.05, 0) is 27.1 Å². The SMILES string of the molecule is Cc1sc(C(=O)N2CCN(CCN(C)C)CC2)cc1N. The highest BCUT2D eigenvalue weighted by atomic mass is 32.1. The maximum atomic E-state index is 12.4. The standard InChI is InChI=1S/C14H24N4OS/c1-11-12(15)10-13(20-11)14(19)18-8-6-17(7-9-18)5-4-16(2)3/h10H,4-9,15H2,1-3H3. The minimum absolute atomic E-state index is 0.127. The molecule has 2 rings (SSSR count). The van der Waals surface area contributed by atoms with Gasteiger partial charge in [0.2, 0.25) is 0 Å². The molecule has 1 saturated heterocycles. The molecular weight excluding hydrogens is 272 g/mol. The molecule has 0 aliphatic carbocycles. The number of nitrogens with two attached hydrogens (primary N) is 1. The van der Waals surface area contributed by atoms with Gasteiger partial charge in [-0.25, -0.2) is 0 Å². The Morgan fingerprint density at radius 3 is 2.50 bits per heavy atom. The van der Waals surface area contributed by atoms with Crippen molar-refractivity contribution in [3.8, 4) is 0 Å². The van der Waals surface area contributed by atoms with Crippen molar-refractivity contribution in [1.82, 2.24) is 14.7 Å².